The maximum absolute atomic E-state index is 3.80. The number of hydrogen-bond acceptors (Lipinski definition) is 1. The summed E-state index contributed by atoms with van der Waals surface area (Å²) in [6.45, 7) is 2.11. The molecule has 1 aromatic heterocycles. The second kappa shape index (κ2) is 9.01. The summed E-state index contributed by atoms with van der Waals surface area (Å²) in [6.07, 6.45) is 3.34. The number of nitrogens with one attached hydrogen (secondary N) is 1. The topological polar surface area (TPSA) is 19.0 Å². The van der Waals surface area contributed by atoms with Crippen molar-refractivity contribution in [2.45, 2.75) is 31.8 Å². The number of rotatable bonds is 5. The number of aromatic nitrogens is 1. The minimum absolute atomic E-state index is 0.414. The Morgan fingerprint density at radius 2 is 1.60 bits per heavy atom. The summed E-state index contributed by atoms with van der Waals surface area (Å²) in [5.41, 5.74) is 7.06. The lowest BCUT2D eigenvalue weighted by Gasteiger charge is -2.36. The highest BCUT2D eigenvalue weighted by molar-refractivity contribution is 14.1. The first kappa shape index (κ1) is 20.5. The standard InChI is InChI=1S/C26H24I2N2/c27-20-7-3-5-18(15-20)11-12-25-26-23(22-9-1-2-10-24(22)29-26)13-14-30(25)17-19-6-4-8-21(28)16-19/h1-10,15-16,25,29H,11-14,17H2. The van der Waals surface area contributed by atoms with E-state index in [0.29, 0.717) is 6.04 Å². The molecular weight excluding hydrogens is 594 g/mol. The first-order valence-corrected chi connectivity index (χ1v) is 12.7. The van der Waals surface area contributed by atoms with Crippen molar-refractivity contribution in [1.29, 1.82) is 0 Å². The Kier molecular flexibility index (Phi) is 6.16. The molecule has 5 rings (SSSR count). The fraction of sp³-hybridized carbons (Fsp3) is 0.231. The molecule has 0 saturated carbocycles. The van der Waals surface area contributed by atoms with Gasteiger partial charge in [-0.05, 0) is 111 Å². The summed E-state index contributed by atoms with van der Waals surface area (Å²) in [5, 5.41) is 1.40. The van der Waals surface area contributed by atoms with Gasteiger partial charge in [-0.1, -0.05) is 42.5 Å². The Balaban J connectivity index is 1.48. The van der Waals surface area contributed by atoms with E-state index in [0.717, 1.165) is 32.4 Å². The largest absolute Gasteiger partial charge is 0.357 e. The second-order valence-corrected chi connectivity index (χ2v) is 10.6. The van der Waals surface area contributed by atoms with Crippen molar-refractivity contribution in [3.05, 3.63) is 102 Å². The molecule has 0 radical (unpaired) electrons. The summed E-state index contributed by atoms with van der Waals surface area (Å²) in [4.78, 5) is 6.47. The van der Waals surface area contributed by atoms with Gasteiger partial charge in [-0.2, -0.15) is 0 Å². The van der Waals surface area contributed by atoms with E-state index in [9.17, 15) is 0 Å². The highest BCUT2D eigenvalue weighted by Gasteiger charge is 2.30. The molecule has 0 fully saturated rings. The molecule has 0 amide bonds. The van der Waals surface area contributed by atoms with E-state index in [1.54, 1.807) is 0 Å². The van der Waals surface area contributed by atoms with Gasteiger partial charge in [-0.3, -0.25) is 4.90 Å². The van der Waals surface area contributed by atoms with E-state index in [4.69, 9.17) is 0 Å². The van der Waals surface area contributed by atoms with Crippen LogP contribution in [0.5, 0.6) is 0 Å². The van der Waals surface area contributed by atoms with Crippen LogP contribution in [0, 0.1) is 7.14 Å². The van der Waals surface area contributed by atoms with Crippen molar-refractivity contribution in [3.8, 4) is 0 Å². The molecule has 152 valence electrons. The maximum atomic E-state index is 3.80. The van der Waals surface area contributed by atoms with E-state index >= 15 is 0 Å². The van der Waals surface area contributed by atoms with Crippen molar-refractivity contribution >= 4 is 56.1 Å². The van der Waals surface area contributed by atoms with Crippen LogP contribution in [0.4, 0.5) is 0 Å². The van der Waals surface area contributed by atoms with E-state index in [1.807, 2.05) is 0 Å². The van der Waals surface area contributed by atoms with Gasteiger partial charge >= 0.3 is 0 Å². The van der Waals surface area contributed by atoms with Gasteiger partial charge in [0.1, 0.15) is 0 Å². The van der Waals surface area contributed by atoms with Crippen LogP contribution in [0.1, 0.15) is 34.8 Å². The number of benzene rings is 3. The SMILES string of the molecule is Ic1cccc(CCC2c3[nH]c4ccccc4c3CCN2Cc2cccc(I)c2)c1. The van der Waals surface area contributed by atoms with Gasteiger partial charge in [-0.15, -0.1) is 0 Å². The normalized spacial score (nSPS) is 16.7. The third-order valence-electron chi connectivity index (χ3n) is 6.14. The molecule has 30 heavy (non-hydrogen) atoms. The Hall–Kier alpha value is -1.38. The number of nitrogens with zero attached hydrogens (tertiary/aromatic N) is 1. The maximum Gasteiger partial charge on any atom is 0.0508 e. The van der Waals surface area contributed by atoms with Gasteiger partial charge in [-0.25, -0.2) is 0 Å². The quantitative estimate of drug-likeness (QED) is 0.237. The zero-order valence-corrected chi connectivity index (χ0v) is 21.1. The van der Waals surface area contributed by atoms with Crippen LogP contribution in [0.2, 0.25) is 0 Å². The summed E-state index contributed by atoms with van der Waals surface area (Å²) in [5.74, 6) is 0. The number of aryl methyl sites for hydroxylation is 1. The summed E-state index contributed by atoms with van der Waals surface area (Å²) < 4.78 is 2.62. The zero-order chi connectivity index (χ0) is 20.5. The van der Waals surface area contributed by atoms with E-state index in [1.165, 1.54) is 40.4 Å². The predicted molar refractivity (Wildman–Crippen MR) is 142 cm³/mol. The Labute approximate surface area is 205 Å². The Morgan fingerprint density at radius 3 is 2.40 bits per heavy atom. The van der Waals surface area contributed by atoms with Crippen molar-refractivity contribution in [1.82, 2.24) is 9.88 Å². The molecule has 1 atom stereocenters. The summed E-state index contributed by atoms with van der Waals surface area (Å²) in [7, 11) is 0. The lowest BCUT2D eigenvalue weighted by atomic mass is 9.92. The summed E-state index contributed by atoms with van der Waals surface area (Å²) >= 11 is 4.83. The van der Waals surface area contributed by atoms with E-state index < -0.39 is 0 Å². The number of halogens is 2. The molecule has 1 unspecified atom stereocenters. The average molecular weight is 618 g/mol. The minimum atomic E-state index is 0.414. The lowest BCUT2D eigenvalue weighted by molar-refractivity contribution is 0.164. The van der Waals surface area contributed by atoms with Crippen molar-refractivity contribution in [3.63, 3.8) is 0 Å². The van der Waals surface area contributed by atoms with Crippen LogP contribution in [0.15, 0.2) is 72.8 Å². The third-order valence-corrected chi connectivity index (χ3v) is 7.48. The van der Waals surface area contributed by atoms with Gasteiger partial charge < -0.3 is 4.98 Å². The van der Waals surface area contributed by atoms with E-state index in [2.05, 4.69) is 128 Å². The minimum Gasteiger partial charge on any atom is -0.357 e. The summed E-state index contributed by atoms with van der Waals surface area (Å²) in [6, 6.07) is 27.1. The highest BCUT2D eigenvalue weighted by Crippen LogP contribution is 2.37. The first-order chi connectivity index (χ1) is 14.7. The fourth-order valence-corrected chi connectivity index (χ4v) is 5.97. The smallest absolute Gasteiger partial charge is 0.0508 e. The number of fused-ring (bicyclic) bond motifs is 3. The van der Waals surface area contributed by atoms with Crippen LogP contribution in [0.3, 0.4) is 0 Å². The molecule has 0 bridgehead atoms. The van der Waals surface area contributed by atoms with Gasteiger partial charge in [0.25, 0.3) is 0 Å². The predicted octanol–water partition coefficient (Wildman–Crippen LogP) is 7.11. The van der Waals surface area contributed by atoms with Crippen molar-refractivity contribution < 1.29 is 0 Å². The van der Waals surface area contributed by atoms with Crippen LogP contribution in [-0.4, -0.2) is 16.4 Å². The molecule has 4 aromatic rings. The molecule has 4 heteroatoms. The van der Waals surface area contributed by atoms with Crippen LogP contribution < -0.4 is 0 Å². The average Bonchev–Trinajstić information content (AvgIpc) is 3.12. The van der Waals surface area contributed by atoms with Crippen LogP contribution in [-0.2, 0) is 19.4 Å². The molecule has 1 N–H and O–H groups in total. The van der Waals surface area contributed by atoms with Crippen LogP contribution >= 0.6 is 45.2 Å². The number of aromatic amines is 1. The van der Waals surface area contributed by atoms with Crippen molar-refractivity contribution in [2.75, 3.05) is 6.54 Å². The van der Waals surface area contributed by atoms with Crippen molar-refractivity contribution in [2.24, 2.45) is 0 Å². The first-order valence-electron chi connectivity index (χ1n) is 10.5. The van der Waals surface area contributed by atoms with Gasteiger partial charge in [0, 0.05) is 36.8 Å². The lowest BCUT2D eigenvalue weighted by Crippen LogP contribution is -2.35. The van der Waals surface area contributed by atoms with Gasteiger partial charge in [0.05, 0.1) is 6.04 Å². The van der Waals surface area contributed by atoms with Gasteiger partial charge in [0.15, 0.2) is 0 Å². The molecule has 2 nitrogen and oxygen atoms in total. The van der Waals surface area contributed by atoms with Gasteiger partial charge in [0.2, 0.25) is 0 Å². The monoisotopic (exact) mass is 618 g/mol. The van der Waals surface area contributed by atoms with E-state index in [-0.39, 0.29) is 0 Å². The third kappa shape index (κ3) is 4.32. The molecule has 0 aliphatic carbocycles. The molecule has 1 aliphatic rings. The molecule has 1 aliphatic heterocycles. The Morgan fingerprint density at radius 1 is 0.867 bits per heavy atom. The molecular formula is C26H24I2N2. The molecule has 3 aromatic carbocycles. The second-order valence-electron chi connectivity index (χ2n) is 8.10. The highest BCUT2D eigenvalue weighted by atomic mass is 127. The fourth-order valence-electron chi connectivity index (χ4n) is 4.75. The van der Waals surface area contributed by atoms with Crippen LogP contribution in [0.25, 0.3) is 10.9 Å². The molecule has 2 heterocycles. The number of H-pyrrole nitrogens is 1. The Bertz CT molecular complexity index is 1180. The number of hydrogen-bond donors (Lipinski definition) is 1. The molecule has 0 spiro atoms. The molecule has 0 saturated heterocycles. The number of para-hydroxylation sites is 1. The zero-order valence-electron chi connectivity index (χ0n) is 16.7.